The van der Waals surface area contributed by atoms with Crippen molar-refractivity contribution in [3.05, 3.63) is 55.5 Å². The summed E-state index contributed by atoms with van der Waals surface area (Å²) in [5, 5.41) is 4.08. The van der Waals surface area contributed by atoms with Gasteiger partial charge in [0.15, 0.2) is 4.33 Å². The van der Waals surface area contributed by atoms with Gasteiger partial charge in [0.05, 0.1) is 5.38 Å². The summed E-state index contributed by atoms with van der Waals surface area (Å²) >= 11 is 45.2. The van der Waals surface area contributed by atoms with E-state index >= 15 is 0 Å². The maximum absolute atomic E-state index is 6.59. The molecule has 0 nitrogen and oxygen atoms in total. The normalized spacial score (nSPS) is 19.0. The Morgan fingerprint density at radius 1 is 0.739 bits per heavy atom. The molecule has 1 unspecified atom stereocenters. The van der Waals surface area contributed by atoms with E-state index in [2.05, 4.69) is 0 Å². The minimum Gasteiger partial charge on any atom is -0.114 e. The van der Waals surface area contributed by atoms with Gasteiger partial charge < -0.3 is 0 Å². The Kier molecular flexibility index (Phi) is 3.88. The highest BCUT2D eigenvalue weighted by Gasteiger charge is 2.45. The summed E-state index contributed by atoms with van der Waals surface area (Å²) in [5.74, 6) is 0. The summed E-state index contributed by atoms with van der Waals surface area (Å²) < 4.78 is -1.44. The molecule has 1 aliphatic carbocycles. The molecule has 1 aliphatic rings. The topological polar surface area (TPSA) is 0 Å². The quantitative estimate of drug-likeness (QED) is 0.240. The lowest BCUT2D eigenvalue weighted by atomic mass is 9.85. The molecule has 1 atom stereocenters. The van der Waals surface area contributed by atoms with Gasteiger partial charge >= 0.3 is 0 Å². The van der Waals surface area contributed by atoms with Crippen LogP contribution in [0.2, 0.25) is 20.1 Å². The molecule has 4 rings (SSSR count). The Hall–Kier alpha value is 0.210. The lowest BCUT2D eigenvalue weighted by molar-refractivity contribution is 0.809. The first kappa shape index (κ1) is 16.7. The first-order chi connectivity index (χ1) is 10.7. The molecule has 0 amide bonds. The van der Waals surface area contributed by atoms with Gasteiger partial charge in [0.25, 0.3) is 0 Å². The maximum atomic E-state index is 6.59. The first-order valence-electron chi connectivity index (χ1n) is 6.49. The second-order valence-electron chi connectivity index (χ2n) is 5.37. The van der Waals surface area contributed by atoms with Crippen LogP contribution in [0.5, 0.6) is 0 Å². The second-order valence-corrected chi connectivity index (χ2v) is 8.82. The van der Waals surface area contributed by atoms with Gasteiger partial charge in [-0.2, -0.15) is 0 Å². The zero-order chi connectivity index (χ0) is 16.7. The summed E-state index contributed by atoms with van der Waals surface area (Å²) in [6, 6.07) is 7.00. The highest BCUT2D eigenvalue weighted by atomic mass is 35.5. The van der Waals surface area contributed by atoms with E-state index in [0.717, 1.165) is 21.5 Å². The van der Waals surface area contributed by atoms with Crippen LogP contribution in [0.3, 0.4) is 0 Å². The zero-order valence-electron chi connectivity index (χ0n) is 11.0. The second kappa shape index (κ2) is 5.35. The van der Waals surface area contributed by atoms with Crippen molar-refractivity contribution < 1.29 is 0 Å². The Labute approximate surface area is 167 Å². The average molecular weight is 445 g/mol. The molecular formula is C16H5Cl7. The van der Waals surface area contributed by atoms with Gasteiger partial charge in [-0.3, -0.25) is 0 Å². The molecule has 0 fully saturated rings. The third kappa shape index (κ3) is 2.13. The van der Waals surface area contributed by atoms with E-state index in [1.165, 1.54) is 0 Å². The van der Waals surface area contributed by atoms with Crippen molar-refractivity contribution in [3.8, 4) is 0 Å². The fraction of sp³-hybridized carbons (Fsp3) is 0.125. The van der Waals surface area contributed by atoms with Gasteiger partial charge in [-0.05, 0) is 22.9 Å². The predicted octanol–water partition coefficient (Wildman–Crippen LogP) is 8.53. The summed E-state index contributed by atoms with van der Waals surface area (Å²) in [6.07, 6.45) is 0. The fourth-order valence-corrected chi connectivity index (χ4v) is 5.60. The van der Waals surface area contributed by atoms with Crippen LogP contribution in [0.1, 0.15) is 16.5 Å². The number of benzene rings is 3. The highest BCUT2D eigenvalue weighted by Crippen LogP contribution is 2.61. The van der Waals surface area contributed by atoms with Crippen LogP contribution >= 0.6 is 81.2 Å². The van der Waals surface area contributed by atoms with Crippen LogP contribution in [-0.2, 0) is 4.33 Å². The molecule has 3 aromatic carbocycles. The molecule has 118 valence electrons. The minimum atomic E-state index is -1.44. The Bertz CT molecular complexity index is 1010. The number of rotatable bonds is 0. The van der Waals surface area contributed by atoms with E-state index in [-0.39, 0.29) is 0 Å². The molecule has 23 heavy (non-hydrogen) atoms. The van der Waals surface area contributed by atoms with E-state index in [1.54, 1.807) is 12.1 Å². The van der Waals surface area contributed by atoms with Crippen molar-refractivity contribution >= 4 is 103 Å². The SMILES string of the molecule is Clc1cc(Cl)c2ccc3c(Cl)cc(Cl)c4c3c2c1C(Cl)C4(Cl)Cl. The molecule has 0 saturated carbocycles. The first-order valence-corrected chi connectivity index (χ1v) is 9.20. The largest absolute Gasteiger partial charge is 0.165 e. The van der Waals surface area contributed by atoms with Gasteiger partial charge in [-0.15, -0.1) is 11.6 Å². The highest BCUT2D eigenvalue weighted by molar-refractivity contribution is 6.56. The summed E-state index contributed by atoms with van der Waals surface area (Å²) in [6.45, 7) is 0. The number of halogens is 7. The van der Waals surface area contributed by atoms with Gasteiger partial charge in [0, 0.05) is 42.0 Å². The van der Waals surface area contributed by atoms with Crippen LogP contribution in [-0.4, -0.2) is 0 Å². The van der Waals surface area contributed by atoms with Crippen LogP contribution in [0.25, 0.3) is 21.5 Å². The standard InChI is InChI=1S/C16H5Cl7/c17-7-3-9(19)13-11-5(7)1-2-6-8(18)4-10(20)14(12(6)11)16(22,23)15(13)21/h1-4,15H. The lowest BCUT2D eigenvalue weighted by Crippen LogP contribution is -2.23. The molecular weight excluding hydrogens is 440 g/mol. The van der Waals surface area contributed by atoms with E-state index in [9.17, 15) is 0 Å². The van der Waals surface area contributed by atoms with Crippen LogP contribution in [0, 0.1) is 0 Å². The van der Waals surface area contributed by atoms with Crippen LogP contribution in [0.4, 0.5) is 0 Å². The van der Waals surface area contributed by atoms with Crippen molar-refractivity contribution in [2.45, 2.75) is 9.71 Å². The van der Waals surface area contributed by atoms with Crippen molar-refractivity contribution in [3.63, 3.8) is 0 Å². The molecule has 0 spiro atoms. The van der Waals surface area contributed by atoms with Gasteiger partial charge in [0.1, 0.15) is 0 Å². The third-order valence-electron chi connectivity index (χ3n) is 4.15. The van der Waals surface area contributed by atoms with Gasteiger partial charge in [-0.25, -0.2) is 0 Å². The smallest absolute Gasteiger partial charge is 0.114 e. The molecule has 3 aromatic rings. The molecule has 0 heterocycles. The fourth-order valence-electron chi connectivity index (χ4n) is 3.19. The molecule has 7 heteroatoms. The predicted molar refractivity (Wildman–Crippen MR) is 103 cm³/mol. The summed E-state index contributed by atoms with van der Waals surface area (Å²) in [4.78, 5) is 0. The van der Waals surface area contributed by atoms with Crippen LogP contribution < -0.4 is 0 Å². The van der Waals surface area contributed by atoms with Gasteiger partial charge in [-0.1, -0.05) is 81.7 Å². The third-order valence-corrected chi connectivity index (χ3v) is 6.97. The van der Waals surface area contributed by atoms with E-state index in [4.69, 9.17) is 81.2 Å². The summed E-state index contributed by atoms with van der Waals surface area (Å²) in [7, 11) is 0. The van der Waals surface area contributed by atoms with Crippen LogP contribution in [0.15, 0.2) is 24.3 Å². The molecule has 0 N–H and O–H groups in total. The number of hydrogen-bond acceptors (Lipinski definition) is 0. The molecule has 0 radical (unpaired) electrons. The molecule has 0 aliphatic heterocycles. The van der Waals surface area contributed by atoms with E-state index < -0.39 is 9.71 Å². The Morgan fingerprint density at radius 3 is 1.87 bits per heavy atom. The summed E-state index contributed by atoms with van der Waals surface area (Å²) in [5.41, 5.74) is 1.16. The van der Waals surface area contributed by atoms with Crippen molar-refractivity contribution in [1.82, 2.24) is 0 Å². The van der Waals surface area contributed by atoms with Crippen molar-refractivity contribution in [2.24, 2.45) is 0 Å². The van der Waals surface area contributed by atoms with Crippen molar-refractivity contribution in [1.29, 1.82) is 0 Å². The molecule has 0 bridgehead atoms. The van der Waals surface area contributed by atoms with E-state index in [0.29, 0.717) is 31.2 Å². The van der Waals surface area contributed by atoms with Crippen molar-refractivity contribution in [2.75, 3.05) is 0 Å². The average Bonchev–Trinajstić information content (AvgIpc) is 2.45. The molecule has 0 saturated heterocycles. The Balaban J connectivity index is 2.44. The monoisotopic (exact) mass is 442 g/mol. The minimum absolute atomic E-state index is 0.354. The lowest BCUT2D eigenvalue weighted by Gasteiger charge is -2.34. The van der Waals surface area contributed by atoms with E-state index in [1.807, 2.05) is 12.1 Å². The maximum Gasteiger partial charge on any atom is 0.165 e. The number of alkyl halides is 3. The molecule has 0 aromatic heterocycles. The zero-order valence-corrected chi connectivity index (χ0v) is 16.3. The van der Waals surface area contributed by atoms with Gasteiger partial charge in [0.2, 0.25) is 0 Å². The number of hydrogen-bond donors (Lipinski definition) is 0. The Morgan fingerprint density at radius 2 is 1.26 bits per heavy atom.